The standard InChI is InChI=1S/C20H17N5O3/c1-12-6-8-13(9-7-12)25-14(15-5-4-10-28-15)11-24-16-17(21-19(24)25)22(2)20(27)23(3)18(16)26/h4-11H,1-3H3. The Morgan fingerprint density at radius 1 is 1.00 bits per heavy atom. The van der Waals surface area contributed by atoms with Gasteiger partial charge < -0.3 is 4.42 Å². The summed E-state index contributed by atoms with van der Waals surface area (Å²) < 4.78 is 11.7. The van der Waals surface area contributed by atoms with Crippen molar-refractivity contribution in [1.82, 2.24) is 23.1 Å². The Hall–Kier alpha value is -3.81. The quantitative estimate of drug-likeness (QED) is 0.474. The number of hydrogen-bond donors (Lipinski definition) is 0. The average Bonchev–Trinajstić information content (AvgIpc) is 3.40. The van der Waals surface area contributed by atoms with Gasteiger partial charge in [-0.1, -0.05) is 17.7 Å². The lowest BCUT2D eigenvalue weighted by Gasteiger charge is -2.07. The SMILES string of the molecule is Cc1ccc(-n2c(-c3ccco3)cn3c4c(=O)n(C)c(=O)n(C)c4nc23)cc1. The van der Waals surface area contributed by atoms with Gasteiger partial charge in [0, 0.05) is 26.0 Å². The van der Waals surface area contributed by atoms with Crippen LogP contribution in [0.3, 0.4) is 0 Å². The molecule has 5 aromatic rings. The van der Waals surface area contributed by atoms with E-state index in [4.69, 9.17) is 4.42 Å². The molecule has 8 nitrogen and oxygen atoms in total. The number of rotatable bonds is 2. The molecule has 0 spiro atoms. The molecule has 4 heterocycles. The first-order valence-electron chi connectivity index (χ1n) is 8.78. The van der Waals surface area contributed by atoms with Crippen molar-refractivity contribution in [2.45, 2.75) is 6.92 Å². The van der Waals surface area contributed by atoms with Gasteiger partial charge in [0.15, 0.2) is 16.9 Å². The summed E-state index contributed by atoms with van der Waals surface area (Å²) in [7, 11) is 3.08. The zero-order valence-electron chi connectivity index (χ0n) is 15.6. The van der Waals surface area contributed by atoms with E-state index in [9.17, 15) is 9.59 Å². The fraction of sp³-hybridized carbons (Fsp3) is 0.150. The molecule has 0 radical (unpaired) electrons. The second kappa shape index (κ2) is 5.59. The molecule has 0 saturated carbocycles. The third kappa shape index (κ3) is 2.08. The Morgan fingerprint density at radius 2 is 1.75 bits per heavy atom. The monoisotopic (exact) mass is 375 g/mol. The normalized spacial score (nSPS) is 11.7. The Bertz CT molecular complexity index is 1460. The van der Waals surface area contributed by atoms with E-state index in [0.29, 0.717) is 22.7 Å². The molecule has 1 aromatic carbocycles. The van der Waals surface area contributed by atoms with Crippen molar-refractivity contribution in [3.8, 4) is 17.1 Å². The molecule has 0 fully saturated rings. The Balaban J connectivity index is 1.98. The summed E-state index contributed by atoms with van der Waals surface area (Å²) in [5.41, 5.74) is 2.66. The molecule has 0 unspecified atom stereocenters. The van der Waals surface area contributed by atoms with Crippen LogP contribution in [0.4, 0.5) is 0 Å². The van der Waals surface area contributed by atoms with Crippen molar-refractivity contribution >= 4 is 16.9 Å². The fourth-order valence-electron chi connectivity index (χ4n) is 3.52. The van der Waals surface area contributed by atoms with E-state index in [1.165, 1.54) is 11.6 Å². The van der Waals surface area contributed by atoms with Gasteiger partial charge in [0.05, 0.1) is 6.26 Å². The van der Waals surface area contributed by atoms with Crippen LogP contribution in [-0.4, -0.2) is 23.1 Å². The molecule has 140 valence electrons. The second-order valence-electron chi connectivity index (χ2n) is 6.82. The van der Waals surface area contributed by atoms with Gasteiger partial charge in [-0.2, -0.15) is 4.98 Å². The van der Waals surface area contributed by atoms with E-state index >= 15 is 0 Å². The highest BCUT2D eigenvalue weighted by Gasteiger charge is 2.22. The molecule has 0 saturated heterocycles. The Morgan fingerprint density at radius 3 is 2.43 bits per heavy atom. The molecule has 5 rings (SSSR count). The lowest BCUT2D eigenvalue weighted by atomic mass is 10.2. The maximum Gasteiger partial charge on any atom is 0.332 e. The van der Waals surface area contributed by atoms with E-state index in [1.54, 1.807) is 17.7 Å². The summed E-state index contributed by atoms with van der Waals surface area (Å²) in [4.78, 5) is 29.8. The van der Waals surface area contributed by atoms with Crippen LogP contribution < -0.4 is 11.2 Å². The molecule has 0 N–H and O–H groups in total. The van der Waals surface area contributed by atoms with Crippen LogP contribution in [-0.2, 0) is 14.1 Å². The molecule has 0 atom stereocenters. The van der Waals surface area contributed by atoms with Crippen molar-refractivity contribution < 1.29 is 4.42 Å². The van der Waals surface area contributed by atoms with Gasteiger partial charge >= 0.3 is 5.69 Å². The first-order valence-corrected chi connectivity index (χ1v) is 8.78. The number of nitrogens with zero attached hydrogens (tertiary/aromatic N) is 5. The maximum absolute atomic E-state index is 12.8. The van der Waals surface area contributed by atoms with Crippen LogP contribution in [0, 0.1) is 6.92 Å². The number of hydrogen-bond acceptors (Lipinski definition) is 4. The number of imidazole rings is 2. The molecule has 0 bridgehead atoms. The first kappa shape index (κ1) is 16.4. The van der Waals surface area contributed by atoms with Crippen molar-refractivity contribution in [1.29, 1.82) is 0 Å². The molecular formula is C20H17N5O3. The minimum absolute atomic E-state index is 0.343. The summed E-state index contributed by atoms with van der Waals surface area (Å²) in [6.45, 7) is 2.02. The van der Waals surface area contributed by atoms with Crippen LogP contribution in [0.5, 0.6) is 0 Å². The van der Waals surface area contributed by atoms with Crippen LogP contribution in [0.25, 0.3) is 34.1 Å². The summed E-state index contributed by atoms with van der Waals surface area (Å²) in [5.74, 6) is 1.18. The van der Waals surface area contributed by atoms with Crippen LogP contribution in [0.1, 0.15) is 5.56 Å². The van der Waals surface area contributed by atoms with Crippen molar-refractivity contribution in [2.24, 2.45) is 14.1 Å². The van der Waals surface area contributed by atoms with E-state index in [0.717, 1.165) is 21.5 Å². The van der Waals surface area contributed by atoms with E-state index in [-0.39, 0.29) is 0 Å². The van der Waals surface area contributed by atoms with Gasteiger partial charge in [-0.05, 0) is 31.2 Å². The molecule has 4 aromatic heterocycles. The van der Waals surface area contributed by atoms with E-state index in [1.807, 2.05) is 54.1 Å². The highest BCUT2D eigenvalue weighted by atomic mass is 16.3. The molecule has 0 aliphatic carbocycles. The highest BCUT2D eigenvalue weighted by Crippen LogP contribution is 2.29. The molecular weight excluding hydrogens is 358 g/mol. The van der Waals surface area contributed by atoms with Crippen LogP contribution in [0.15, 0.2) is 62.9 Å². The van der Waals surface area contributed by atoms with Gasteiger partial charge in [-0.15, -0.1) is 0 Å². The molecule has 0 amide bonds. The van der Waals surface area contributed by atoms with Crippen molar-refractivity contribution in [3.63, 3.8) is 0 Å². The van der Waals surface area contributed by atoms with Gasteiger partial charge in [-0.25, -0.2) is 4.79 Å². The average molecular weight is 375 g/mol. The summed E-state index contributed by atoms with van der Waals surface area (Å²) in [6, 6.07) is 11.7. The van der Waals surface area contributed by atoms with Crippen molar-refractivity contribution in [2.75, 3.05) is 0 Å². The van der Waals surface area contributed by atoms with Gasteiger partial charge in [-0.3, -0.25) is 22.9 Å². The summed E-state index contributed by atoms with van der Waals surface area (Å²) in [5, 5.41) is 0. The number of benzene rings is 1. The zero-order chi connectivity index (χ0) is 19.6. The zero-order valence-corrected chi connectivity index (χ0v) is 15.6. The molecule has 0 aliphatic rings. The summed E-state index contributed by atoms with van der Waals surface area (Å²) >= 11 is 0. The van der Waals surface area contributed by atoms with Gasteiger partial charge in [0.2, 0.25) is 5.78 Å². The van der Waals surface area contributed by atoms with E-state index in [2.05, 4.69) is 4.98 Å². The van der Waals surface area contributed by atoms with Gasteiger partial charge in [0.1, 0.15) is 5.69 Å². The number of aromatic nitrogens is 5. The largest absolute Gasteiger partial charge is 0.463 e. The van der Waals surface area contributed by atoms with Crippen LogP contribution in [0.2, 0.25) is 0 Å². The lowest BCUT2D eigenvalue weighted by Crippen LogP contribution is -2.37. The van der Waals surface area contributed by atoms with Crippen LogP contribution >= 0.6 is 0 Å². The lowest BCUT2D eigenvalue weighted by molar-refractivity contribution is 0.579. The second-order valence-corrected chi connectivity index (χ2v) is 6.82. The third-order valence-electron chi connectivity index (χ3n) is 5.03. The van der Waals surface area contributed by atoms with Crippen molar-refractivity contribution in [3.05, 3.63) is 75.3 Å². The fourth-order valence-corrected chi connectivity index (χ4v) is 3.52. The minimum Gasteiger partial charge on any atom is -0.463 e. The van der Waals surface area contributed by atoms with E-state index < -0.39 is 11.2 Å². The number of aryl methyl sites for hydroxylation is 2. The first-order chi connectivity index (χ1) is 13.5. The predicted octanol–water partition coefficient (Wildman–Crippen LogP) is 2.24. The topological polar surface area (TPSA) is 79.4 Å². The highest BCUT2D eigenvalue weighted by molar-refractivity contribution is 5.78. The van der Waals surface area contributed by atoms with Gasteiger partial charge in [0.25, 0.3) is 5.56 Å². The minimum atomic E-state index is -0.411. The molecule has 8 heteroatoms. The third-order valence-corrected chi connectivity index (χ3v) is 5.03. The molecule has 0 aliphatic heterocycles. The summed E-state index contributed by atoms with van der Waals surface area (Å²) in [6.07, 6.45) is 3.42. The smallest absolute Gasteiger partial charge is 0.332 e. The number of furan rings is 1. The Labute approximate surface area is 158 Å². The Kier molecular flexibility index (Phi) is 3.27. The predicted molar refractivity (Wildman–Crippen MR) is 105 cm³/mol. The molecule has 28 heavy (non-hydrogen) atoms. The maximum atomic E-state index is 12.8. The number of fused-ring (bicyclic) bond motifs is 3.